The standard InChI is InChI=1S/C18H28F2O2S/c1-14(2)8-6-9-15(3)10-7-11-16(4)12-13-23-18(19,20)17(21)22-5/h8,10,12H,6-7,9,11,13H2,1-5H3/b15-10+,16-12+. The van der Waals surface area contributed by atoms with Gasteiger partial charge in [-0.15, -0.1) is 0 Å². The van der Waals surface area contributed by atoms with Gasteiger partial charge in [-0.3, -0.25) is 0 Å². The Morgan fingerprint density at radius 3 is 2.04 bits per heavy atom. The van der Waals surface area contributed by atoms with Gasteiger partial charge >= 0.3 is 11.2 Å². The van der Waals surface area contributed by atoms with E-state index in [4.69, 9.17) is 0 Å². The van der Waals surface area contributed by atoms with E-state index in [-0.39, 0.29) is 17.5 Å². The average Bonchev–Trinajstić information content (AvgIpc) is 2.45. The van der Waals surface area contributed by atoms with Gasteiger partial charge in [-0.25, -0.2) is 4.79 Å². The molecule has 23 heavy (non-hydrogen) atoms. The zero-order valence-corrected chi connectivity index (χ0v) is 15.6. The summed E-state index contributed by atoms with van der Waals surface area (Å²) in [5.41, 5.74) is 3.73. The van der Waals surface area contributed by atoms with Gasteiger partial charge < -0.3 is 4.74 Å². The van der Waals surface area contributed by atoms with Crippen LogP contribution in [0.5, 0.6) is 0 Å². The first-order valence-electron chi connectivity index (χ1n) is 7.74. The fraction of sp³-hybridized carbons (Fsp3) is 0.611. The van der Waals surface area contributed by atoms with E-state index >= 15 is 0 Å². The largest absolute Gasteiger partial charge is 0.464 e. The first-order chi connectivity index (χ1) is 10.7. The van der Waals surface area contributed by atoms with Crippen LogP contribution >= 0.6 is 11.8 Å². The van der Waals surface area contributed by atoms with Gasteiger partial charge in [-0.1, -0.05) is 46.7 Å². The molecule has 0 unspecified atom stereocenters. The van der Waals surface area contributed by atoms with Gasteiger partial charge in [-0.2, -0.15) is 8.78 Å². The third-order valence-corrected chi connectivity index (χ3v) is 4.10. The zero-order chi connectivity index (χ0) is 17.9. The molecule has 5 heteroatoms. The van der Waals surface area contributed by atoms with E-state index in [1.165, 1.54) is 11.1 Å². The lowest BCUT2D eigenvalue weighted by atomic mass is 10.1. The van der Waals surface area contributed by atoms with Crippen molar-refractivity contribution in [2.24, 2.45) is 0 Å². The number of thioether (sulfide) groups is 1. The number of hydrogen-bond donors (Lipinski definition) is 0. The lowest BCUT2D eigenvalue weighted by Crippen LogP contribution is -2.26. The van der Waals surface area contributed by atoms with Crippen LogP contribution in [0.4, 0.5) is 8.78 Å². The van der Waals surface area contributed by atoms with E-state index in [1.807, 2.05) is 6.92 Å². The second kappa shape index (κ2) is 11.4. The fourth-order valence-corrected chi connectivity index (χ4v) is 2.58. The average molecular weight is 346 g/mol. The van der Waals surface area contributed by atoms with E-state index in [9.17, 15) is 13.6 Å². The molecule has 0 aliphatic carbocycles. The first kappa shape index (κ1) is 21.9. The Morgan fingerprint density at radius 2 is 1.52 bits per heavy atom. The minimum atomic E-state index is -3.48. The summed E-state index contributed by atoms with van der Waals surface area (Å²) in [5, 5.41) is -3.48. The summed E-state index contributed by atoms with van der Waals surface area (Å²) in [6.45, 7) is 8.22. The number of carbonyl (C=O) groups excluding carboxylic acids is 1. The van der Waals surface area contributed by atoms with E-state index in [0.29, 0.717) is 0 Å². The molecule has 0 aromatic rings. The third kappa shape index (κ3) is 11.1. The minimum Gasteiger partial charge on any atom is -0.464 e. The molecule has 0 fully saturated rings. The minimum absolute atomic E-state index is 0.0944. The monoisotopic (exact) mass is 346 g/mol. The summed E-state index contributed by atoms with van der Waals surface area (Å²) in [6.07, 6.45) is 10.0. The molecule has 0 aliphatic rings. The van der Waals surface area contributed by atoms with Crippen LogP contribution in [0.15, 0.2) is 34.9 Å². The summed E-state index contributed by atoms with van der Waals surface area (Å²) in [5.74, 6) is -1.40. The molecule has 0 aliphatic heterocycles. The summed E-state index contributed by atoms with van der Waals surface area (Å²) in [6, 6.07) is 0. The molecular weight excluding hydrogens is 318 g/mol. The van der Waals surface area contributed by atoms with Crippen molar-refractivity contribution in [3.63, 3.8) is 0 Å². The van der Waals surface area contributed by atoms with Gasteiger partial charge in [0.2, 0.25) is 0 Å². The number of carbonyl (C=O) groups is 1. The summed E-state index contributed by atoms with van der Waals surface area (Å²) in [4.78, 5) is 10.9. The highest BCUT2D eigenvalue weighted by Crippen LogP contribution is 2.30. The molecule has 0 spiro atoms. The normalized spacial score (nSPS) is 13.0. The molecule has 0 radical (unpaired) electrons. The lowest BCUT2D eigenvalue weighted by molar-refractivity contribution is -0.156. The van der Waals surface area contributed by atoms with Gasteiger partial charge in [0.1, 0.15) is 0 Å². The van der Waals surface area contributed by atoms with Gasteiger partial charge in [0.05, 0.1) is 7.11 Å². The molecule has 0 saturated carbocycles. The molecule has 0 heterocycles. The van der Waals surface area contributed by atoms with Crippen LogP contribution < -0.4 is 0 Å². The van der Waals surface area contributed by atoms with Crippen molar-refractivity contribution in [2.45, 2.75) is 58.6 Å². The van der Waals surface area contributed by atoms with E-state index < -0.39 is 11.2 Å². The molecule has 0 aromatic heterocycles. The summed E-state index contributed by atoms with van der Waals surface area (Å²) >= 11 is 0.287. The number of allylic oxidation sites excluding steroid dienone is 5. The van der Waals surface area contributed by atoms with Crippen LogP contribution in [-0.4, -0.2) is 24.1 Å². The predicted molar refractivity (Wildman–Crippen MR) is 94.8 cm³/mol. The van der Waals surface area contributed by atoms with Crippen molar-refractivity contribution in [3.8, 4) is 0 Å². The Kier molecular flexibility index (Phi) is 10.9. The topological polar surface area (TPSA) is 26.3 Å². The van der Waals surface area contributed by atoms with Crippen LogP contribution in [0.25, 0.3) is 0 Å². The highest BCUT2D eigenvalue weighted by Gasteiger charge is 2.40. The molecule has 0 N–H and O–H groups in total. The first-order valence-corrected chi connectivity index (χ1v) is 8.72. The zero-order valence-electron chi connectivity index (χ0n) is 14.7. The molecular formula is C18H28F2O2S. The quantitative estimate of drug-likeness (QED) is 0.363. The lowest BCUT2D eigenvalue weighted by Gasteiger charge is -2.11. The molecule has 0 saturated heterocycles. The van der Waals surface area contributed by atoms with Crippen LogP contribution in [0.3, 0.4) is 0 Å². The number of rotatable bonds is 10. The van der Waals surface area contributed by atoms with E-state index in [1.54, 1.807) is 6.08 Å². The molecule has 2 nitrogen and oxygen atoms in total. The Hall–Kier alpha value is -1.10. The molecule has 0 atom stereocenters. The highest BCUT2D eigenvalue weighted by molar-refractivity contribution is 8.01. The second-order valence-electron chi connectivity index (χ2n) is 5.78. The summed E-state index contributed by atoms with van der Waals surface area (Å²) in [7, 11) is 0.962. The van der Waals surface area contributed by atoms with E-state index in [2.05, 4.69) is 37.7 Å². The molecule has 0 aromatic carbocycles. The van der Waals surface area contributed by atoms with Gasteiger partial charge in [0.15, 0.2) is 0 Å². The second-order valence-corrected chi connectivity index (χ2v) is 6.91. The third-order valence-electron chi connectivity index (χ3n) is 3.24. The number of halogens is 2. The fourth-order valence-electron chi connectivity index (χ4n) is 1.81. The number of esters is 1. The van der Waals surface area contributed by atoms with Crippen LogP contribution in [0.1, 0.15) is 53.4 Å². The van der Waals surface area contributed by atoms with Gasteiger partial charge in [0.25, 0.3) is 0 Å². The van der Waals surface area contributed by atoms with Crippen molar-refractivity contribution in [3.05, 3.63) is 34.9 Å². The SMILES string of the molecule is COC(=O)C(F)(F)SC/C=C(\C)CC/C=C(\C)CCC=C(C)C. The highest BCUT2D eigenvalue weighted by atomic mass is 32.2. The Morgan fingerprint density at radius 1 is 1.00 bits per heavy atom. The van der Waals surface area contributed by atoms with Crippen molar-refractivity contribution >= 4 is 17.7 Å². The smallest absolute Gasteiger partial charge is 0.389 e. The van der Waals surface area contributed by atoms with Crippen molar-refractivity contribution in [2.75, 3.05) is 12.9 Å². The van der Waals surface area contributed by atoms with Gasteiger partial charge in [0, 0.05) is 5.75 Å². The molecule has 0 amide bonds. The molecule has 0 rings (SSSR count). The van der Waals surface area contributed by atoms with Crippen LogP contribution in [0.2, 0.25) is 0 Å². The van der Waals surface area contributed by atoms with Crippen LogP contribution in [0, 0.1) is 0 Å². The van der Waals surface area contributed by atoms with Crippen molar-refractivity contribution in [1.29, 1.82) is 0 Å². The van der Waals surface area contributed by atoms with Gasteiger partial charge in [-0.05, 0) is 53.4 Å². The number of hydrogen-bond acceptors (Lipinski definition) is 3. The maximum Gasteiger partial charge on any atom is 0.389 e. The Bertz CT molecular complexity index is 462. The maximum atomic E-state index is 13.2. The number of methoxy groups -OCH3 is 1. The molecule has 0 bridgehead atoms. The van der Waals surface area contributed by atoms with Crippen molar-refractivity contribution < 1.29 is 18.3 Å². The summed E-state index contributed by atoms with van der Waals surface area (Å²) < 4.78 is 30.6. The predicted octanol–water partition coefficient (Wildman–Crippen LogP) is 5.90. The number of alkyl halides is 2. The Balaban J connectivity index is 4.12. The van der Waals surface area contributed by atoms with Crippen molar-refractivity contribution in [1.82, 2.24) is 0 Å². The van der Waals surface area contributed by atoms with E-state index in [0.717, 1.165) is 38.4 Å². The molecule has 132 valence electrons. The number of ether oxygens (including phenoxy) is 1. The Labute approximate surface area is 143 Å². The van der Waals surface area contributed by atoms with Crippen LogP contribution in [-0.2, 0) is 9.53 Å². The maximum absolute atomic E-state index is 13.2.